The summed E-state index contributed by atoms with van der Waals surface area (Å²) in [5.41, 5.74) is 2.34. The maximum atomic E-state index is 14.3. The van der Waals surface area contributed by atoms with Gasteiger partial charge in [-0.25, -0.2) is 8.42 Å². The Labute approximate surface area is 295 Å². The number of nitrogens with one attached hydrogen (secondary N) is 1. The molecule has 49 heavy (non-hydrogen) atoms. The molecule has 0 bridgehead atoms. The van der Waals surface area contributed by atoms with Crippen LogP contribution in [0.1, 0.15) is 89.0 Å². The third-order valence-corrected chi connectivity index (χ3v) is 12.5. The first-order valence-corrected chi connectivity index (χ1v) is 18.7. The Morgan fingerprint density at radius 3 is 2.31 bits per heavy atom. The predicted molar refractivity (Wildman–Crippen MR) is 194 cm³/mol. The Bertz CT molecular complexity index is 1780. The van der Waals surface area contributed by atoms with Crippen molar-refractivity contribution in [3.63, 3.8) is 0 Å². The van der Waals surface area contributed by atoms with E-state index >= 15 is 0 Å². The van der Waals surface area contributed by atoms with Crippen molar-refractivity contribution in [2.45, 2.75) is 83.9 Å². The number of nitrogens with zero attached hydrogens (tertiary/aromatic N) is 1. The van der Waals surface area contributed by atoms with Crippen molar-refractivity contribution < 1.29 is 33.0 Å². The minimum Gasteiger partial charge on any atom is -0.508 e. The molecule has 2 aliphatic rings. The number of aryl methyl sites for hydroxylation is 1. The molecule has 2 fully saturated rings. The van der Waals surface area contributed by atoms with E-state index in [0.29, 0.717) is 29.6 Å². The Hall–Kier alpha value is -3.76. The number of aromatic hydroxyl groups is 2. The number of sulfone groups is 1. The fourth-order valence-corrected chi connectivity index (χ4v) is 7.35. The highest BCUT2D eigenvalue weighted by molar-refractivity contribution is 7.92. The minimum atomic E-state index is -2.84. The third-order valence-electron chi connectivity index (χ3n) is 9.47. The smallest absolute Gasteiger partial charge is 0.229 e. The number of phenolic OH excluding ortho intramolecular Hbond substituents is 2. The molecule has 1 aliphatic heterocycles. The normalized spacial score (nSPS) is 21.1. The lowest BCUT2D eigenvalue weighted by Crippen LogP contribution is -2.53. The van der Waals surface area contributed by atoms with Gasteiger partial charge in [0, 0.05) is 41.4 Å². The molecule has 0 radical (unpaired) electrons. The van der Waals surface area contributed by atoms with Gasteiger partial charge in [0.2, 0.25) is 11.8 Å². The van der Waals surface area contributed by atoms with E-state index in [1.54, 1.807) is 52.0 Å². The van der Waals surface area contributed by atoms with Gasteiger partial charge < -0.3 is 25.2 Å². The van der Waals surface area contributed by atoms with Crippen molar-refractivity contribution in [1.29, 1.82) is 0 Å². The summed E-state index contributed by atoms with van der Waals surface area (Å²) >= 11 is 6.37. The Balaban J connectivity index is 0.000000529. The van der Waals surface area contributed by atoms with E-state index < -0.39 is 20.0 Å². The standard InChI is InChI=1S/C32H35ClN2O5.C6H14O2S/c1-19-13-22(9-11-26(19)33)30-25(21-5-4-6-24(36)14-21)16-32(2,31(39)35(30)18-20-7-8-20)17-29(38)34-23-10-12-27(37)28(15-23)40-3;1-5-9(7,8)6(2,3)4/h4-6,9-15,20,25,30,36-37H,7-8,16-18H2,1-3H3,(H,34,38);5H2,1-4H3/t25?,30?,32-;/m1./s1. The van der Waals surface area contributed by atoms with E-state index in [0.717, 1.165) is 29.5 Å². The number of hydrogen-bond donors (Lipinski definition) is 3. The van der Waals surface area contributed by atoms with Crippen LogP contribution in [0.3, 0.4) is 0 Å². The lowest BCUT2D eigenvalue weighted by Gasteiger charge is -2.49. The zero-order valence-corrected chi connectivity index (χ0v) is 31.0. The number of phenols is 2. The molecule has 1 saturated carbocycles. The Morgan fingerprint density at radius 1 is 1.06 bits per heavy atom. The number of likely N-dealkylation sites (tertiary alicyclic amines) is 1. The molecule has 1 saturated heterocycles. The van der Waals surface area contributed by atoms with Gasteiger partial charge in [0.15, 0.2) is 21.3 Å². The largest absolute Gasteiger partial charge is 0.508 e. The van der Waals surface area contributed by atoms with Crippen LogP contribution >= 0.6 is 11.6 Å². The van der Waals surface area contributed by atoms with E-state index in [2.05, 4.69) is 5.32 Å². The molecule has 3 aromatic rings. The van der Waals surface area contributed by atoms with Crippen LogP contribution < -0.4 is 10.1 Å². The molecule has 0 aromatic heterocycles. The highest BCUT2D eigenvalue weighted by Crippen LogP contribution is 2.52. The first-order valence-electron chi connectivity index (χ1n) is 16.6. The number of benzene rings is 3. The van der Waals surface area contributed by atoms with Crippen LogP contribution in [0.5, 0.6) is 17.2 Å². The zero-order chi connectivity index (χ0) is 36.3. The lowest BCUT2D eigenvalue weighted by molar-refractivity contribution is -0.153. The van der Waals surface area contributed by atoms with Crippen molar-refractivity contribution in [3.8, 4) is 17.2 Å². The first kappa shape index (κ1) is 38.0. The number of hydrogen-bond acceptors (Lipinski definition) is 7. The number of carbonyl (C=O) groups is 2. The molecule has 2 unspecified atom stereocenters. The van der Waals surface area contributed by atoms with Crippen molar-refractivity contribution >= 4 is 38.9 Å². The maximum Gasteiger partial charge on any atom is 0.229 e. The quantitative estimate of drug-likeness (QED) is 0.193. The van der Waals surface area contributed by atoms with Gasteiger partial charge in [0.05, 0.1) is 23.3 Å². The molecule has 5 rings (SSSR count). The fraction of sp³-hybridized carbons (Fsp3) is 0.474. The summed E-state index contributed by atoms with van der Waals surface area (Å²) in [6, 6.07) is 17.4. The number of methoxy groups -OCH3 is 1. The predicted octanol–water partition coefficient (Wildman–Crippen LogP) is 7.79. The maximum absolute atomic E-state index is 14.3. The molecule has 2 amide bonds. The molecule has 11 heteroatoms. The molecule has 1 heterocycles. The van der Waals surface area contributed by atoms with Gasteiger partial charge in [-0.1, -0.05) is 49.7 Å². The highest BCUT2D eigenvalue weighted by Gasteiger charge is 2.51. The van der Waals surface area contributed by atoms with Gasteiger partial charge in [0.25, 0.3) is 0 Å². The second kappa shape index (κ2) is 15.0. The van der Waals surface area contributed by atoms with E-state index in [9.17, 15) is 28.2 Å². The summed E-state index contributed by atoms with van der Waals surface area (Å²) in [5, 5.41) is 23.8. The number of amides is 2. The van der Waals surface area contributed by atoms with E-state index in [-0.39, 0.29) is 53.2 Å². The van der Waals surface area contributed by atoms with Gasteiger partial charge in [-0.05, 0) is 99.9 Å². The summed E-state index contributed by atoms with van der Waals surface area (Å²) in [6.45, 7) is 11.3. The minimum absolute atomic E-state index is 0.0160. The molecule has 0 spiro atoms. The van der Waals surface area contributed by atoms with Crippen LogP contribution in [0.15, 0.2) is 60.7 Å². The van der Waals surface area contributed by atoms with Crippen LogP contribution in [0.25, 0.3) is 0 Å². The fourth-order valence-electron chi connectivity index (χ4n) is 6.37. The Morgan fingerprint density at radius 2 is 1.76 bits per heavy atom. The van der Waals surface area contributed by atoms with Gasteiger partial charge in [0.1, 0.15) is 5.75 Å². The number of carbonyl (C=O) groups excluding carboxylic acids is 2. The van der Waals surface area contributed by atoms with Crippen molar-refractivity contribution in [3.05, 3.63) is 82.4 Å². The molecular weight excluding hydrogens is 664 g/mol. The van der Waals surface area contributed by atoms with Crippen LogP contribution in [0.2, 0.25) is 5.02 Å². The SMILES string of the molecule is CCS(=O)(=O)C(C)(C)C.COc1cc(NC(=O)C[C@@]2(C)CC(c3cccc(O)c3)C(c3ccc(Cl)c(C)c3)N(CC3CC3)C2=O)ccc1O. The first-order chi connectivity index (χ1) is 22.9. The van der Waals surface area contributed by atoms with E-state index in [4.69, 9.17) is 16.3 Å². The zero-order valence-electron chi connectivity index (χ0n) is 29.4. The van der Waals surface area contributed by atoms with Crippen LogP contribution in [0, 0.1) is 18.3 Å². The number of anilines is 1. The third kappa shape index (κ3) is 9.08. The Kier molecular flexibility index (Phi) is 11.7. The molecule has 1 aliphatic carbocycles. The van der Waals surface area contributed by atoms with Gasteiger partial charge >= 0.3 is 0 Å². The molecule has 266 valence electrons. The van der Waals surface area contributed by atoms with Crippen LogP contribution in [0.4, 0.5) is 5.69 Å². The second-order valence-corrected chi connectivity index (χ2v) is 17.9. The van der Waals surface area contributed by atoms with Gasteiger partial charge in [-0.15, -0.1) is 0 Å². The van der Waals surface area contributed by atoms with E-state index in [1.165, 1.54) is 13.2 Å². The number of rotatable bonds is 9. The topological polar surface area (TPSA) is 133 Å². The highest BCUT2D eigenvalue weighted by atomic mass is 35.5. The summed E-state index contributed by atoms with van der Waals surface area (Å²) in [5.74, 6) is 0.547. The lowest BCUT2D eigenvalue weighted by atomic mass is 9.67. The van der Waals surface area contributed by atoms with Crippen LogP contribution in [-0.4, -0.2) is 59.5 Å². The number of ether oxygens (including phenoxy) is 1. The molecule has 3 atom stereocenters. The molecule has 3 aromatic carbocycles. The van der Waals surface area contributed by atoms with Gasteiger partial charge in [-0.3, -0.25) is 9.59 Å². The summed E-state index contributed by atoms with van der Waals surface area (Å²) in [7, 11) is -1.39. The summed E-state index contributed by atoms with van der Waals surface area (Å²) in [4.78, 5) is 29.7. The molecular formula is C38H49ClN2O7S. The van der Waals surface area contributed by atoms with Gasteiger partial charge in [-0.2, -0.15) is 0 Å². The van der Waals surface area contributed by atoms with Crippen LogP contribution in [-0.2, 0) is 19.4 Å². The average molecular weight is 713 g/mol. The summed E-state index contributed by atoms with van der Waals surface area (Å²) in [6.07, 6.45) is 2.56. The number of halogens is 1. The van der Waals surface area contributed by atoms with Crippen molar-refractivity contribution in [2.75, 3.05) is 24.7 Å². The second-order valence-electron chi connectivity index (χ2n) is 14.4. The molecule has 9 nitrogen and oxygen atoms in total. The number of piperidine rings is 1. The average Bonchev–Trinajstić information content (AvgIpc) is 3.86. The molecule has 3 N–H and O–H groups in total. The van der Waals surface area contributed by atoms with E-state index in [1.807, 2.05) is 49.1 Å². The summed E-state index contributed by atoms with van der Waals surface area (Å²) < 4.78 is 26.6. The monoisotopic (exact) mass is 712 g/mol. The van der Waals surface area contributed by atoms with Crippen molar-refractivity contribution in [2.24, 2.45) is 11.3 Å². The van der Waals surface area contributed by atoms with Crippen molar-refractivity contribution in [1.82, 2.24) is 4.90 Å².